The van der Waals surface area contributed by atoms with Gasteiger partial charge in [-0.1, -0.05) is 47.5 Å². The minimum absolute atomic E-state index is 0.128. The zero-order valence-electron chi connectivity index (χ0n) is 22.3. The van der Waals surface area contributed by atoms with Crippen LogP contribution in [-0.4, -0.2) is 66.3 Å². The van der Waals surface area contributed by atoms with Gasteiger partial charge in [0.25, 0.3) is 0 Å². The molecule has 1 saturated heterocycles. The van der Waals surface area contributed by atoms with Crippen LogP contribution >= 0.6 is 0 Å². The highest BCUT2D eigenvalue weighted by atomic mass is 16.6. The second-order valence-corrected chi connectivity index (χ2v) is 10.3. The van der Waals surface area contributed by atoms with Crippen molar-refractivity contribution in [1.82, 2.24) is 21.3 Å². The summed E-state index contributed by atoms with van der Waals surface area (Å²) in [4.78, 5) is 62.9. The lowest BCUT2D eigenvalue weighted by atomic mass is 9.93. The third-order valence-electron chi connectivity index (χ3n) is 5.90. The predicted octanol–water partition coefficient (Wildman–Crippen LogP) is 1.22. The van der Waals surface area contributed by atoms with Gasteiger partial charge in [-0.3, -0.25) is 24.0 Å². The minimum atomic E-state index is -1.12. The highest BCUT2D eigenvalue weighted by Crippen LogP contribution is 2.29. The summed E-state index contributed by atoms with van der Waals surface area (Å²) in [5, 5.41) is 10.7. The molecule has 1 aliphatic heterocycles. The largest absolute Gasteiger partial charge is 0.361 e. The topological polar surface area (TPSA) is 146 Å². The van der Waals surface area contributed by atoms with Crippen molar-refractivity contribution in [3.63, 3.8) is 0 Å². The molecule has 0 saturated carbocycles. The van der Waals surface area contributed by atoms with Gasteiger partial charge in [-0.05, 0) is 31.6 Å². The molecule has 4 unspecified atom stereocenters. The number of carbonyl (C=O) groups is 5. The zero-order chi connectivity index (χ0) is 26.8. The third kappa shape index (κ3) is 10.8. The van der Waals surface area contributed by atoms with E-state index < -0.39 is 35.5 Å². The Bertz CT molecular complexity index is 763. The summed E-state index contributed by atoms with van der Waals surface area (Å²) < 4.78 is 5.27. The molecule has 0 radical (unpaired) electrons. The molecule has 4 N–H and O–H groups in total. The fraction of sp³-hybridized carbons (Fsp3) is 0.800. The van der Waals surface area contributed by atoms with E-state index in [1.165, 1.54) is 6.92 Å². The fourth-order valence-corrected chi connectivity index (χ4v) is 3.63. The van der Waals surface area contributed by atoms with E-state index in [0.29, 0.717) is 19.4 Å². The summed E-state index contributed by atoms with van der Waals surface area (Å²) >= 11 is 0. The lowest BCUT2D eigenvalue weighted by Gasteiger charge is -2.27. The molecule has 10 heteroatoms. The van der Waals surface area contributed by atoms with E-state index in [4.69, 9.17) is 4.74 Å². The Morgan fingerprint density at radius 2 is 1.51 bits per heavy atom. The molecule has 0 aromatic carbocycles. The summed E-state index contributed by atoms with van der Waals surface area (Å²) in [7, 11) is 0. The molecule has 1 fully saturated rings. The number of hydrogen-bond acceptors (Lipinski definition) is 6. The molecule has 1 aliphatic rings. The average molecular weight is 497 g/mol. The SMILES string of the molecule is CCCCCC(=O)NC(C(=O)NC(CNC(C)=O)C(=O)NC(CC(C)C)C(=O)C1(C)CO1)C(C)C. The first-order chi connectivity index (χ1) is 16.3. The Kier molecular flexibility index (Phi) is 12.4. The van der Waals surface area contributed by atoms with Gasteiger partial charge in [0, 0.05) is 19.9 Å². The number of epoxide rings is 1. The Morgan fingerprint density at radius 3 is 2.00 bits per heavy atom. The molecule has 1 rings (SSSR count). The van der Waals surface area contributed by atoms with Crippen LogP contribution in [0.5, 0.6) is 0 Å². The molecule has 0 aromatic heterocycles. The molecule has 4 atom stereocenters. The Labute approximate surface area is 209 Å². The Hall–Kier alpha value is -2.49. The van der Waals surface area contributed by atoms with Gasteiger partial charge >= 0.3 is 0 Å². The van der Waals surface area contributed by atoms with Gasteiger partial charge in [-0.15, -0.1) is 0 Å². The van der Waals surface area contributed by atoms with Gasteiger partial charge in [0.1, 0.15) is 17.7 Å². The molecule has 0 spiro atoms. The molecule has 35 heavy (non-hydrogen) atoms. The van der Waals surface area contributed by atoms with Gasteiger partial charge in [-0.25, -0.2) is 0 Å². The van der Waals surface area contributed by atoms with Crippen molar-refractivity contribution in [3.05, 3.63) is 0 Å². The van der Waals surface area contributed by atoms with E-state index in [-0.39, 0.29) is 36.0 Å². The van der Waals surface area contributed by atoms with Crippen LogP contribution < -0.4 is 21.3 Å². The quantitative estimate of drug-likeness (QED) is 0.187. The van der Waals surface area contributed by atoms with Crippen LogP contribution in [0.4, 0.5) is 0 Å². The smallest absolute Gasteiger partial charge is 0.245 e. The number of Topliss-reactive ketones (excluding diaryl/α,β-unsaturated/α-hetero) is 1. The normalized spacial score (nSPS) is 19.5. The van der Waals surface area contributed by atoms with Crippen LogP contribution in [0.3, 0.4) is 0 Å². The Balaban J connectivity index is 2.95. The van der Waals surface area contributed by atoms with E-state index in [9.17, 15) is 24.0 Å². The van der Waals surface area contributed by atoms with Crippen LogP contribution in [0.2, 0.25) is 0 Å². The molecule has 0 aliphatic carbocycles. The van der Waals surface area contributed by atoms with E-state index in [2.05, 4.69) is 21.3 Å². The molecular weight excluding hydrogens is 452 g/mol. The average Bonchev–Trinajstić information content (AvgIpc) is 3.51. The van der Waals surface area contributed by atoms with Crippen LogP contribution in [-0.2, 0) is 28.7 Å². The van der Waals surface area contributed by atoms with Gasteiger partial charge in [0.2, 0.25) is 23.6 Å². The van der Waals surface area contributed by atoms with Crippen molar-refractivity contribution in [2.45, 2.75) is 104 Å². The first-order valence-corrected chi connectivity index (χ1v) is 12.6. The molecule has 0 bridgehead atoms. The summed E-state index contributed by atoms with van der Waals surface area (Å²) in [6.45, 7) is 12.7. The van der Waals surface area contributed by atoms with Crippen molar-refractivity contribution < 1.29 is 28.7 Å². The number of rotatable bonds is 16. The molecule has 4 amide bonds. The second kappa shape index (κ2) is 14.2. The number of ketones is 1. The zero-order valence-corrected chi connectivity index (χ0v) is 22.3. The number of unbranched alkanes of at least 4 members (excludes halogenated alkanes) is 2. The maximum Gasteiger partial charge on any atom is 0.245 e. The van der Waals surface area contributed by atoms with Crippen LogP contribution in [0.1, 0.15) is 80.6 Å². The van der Waals surface area contributed by atoms with Crippen molar-refractivity contribution in [2.24, 2.45) is 11.8 Å². The third-order valence-corrected chi connectivity index (χ3v) is 5.90. The first kappa shape index (κ1) is 30.5. The molecule has 1 heterocycles. The van der Waals surface area contributed by atoms with E-state index in [0.717, 1.165) is 19.3 Å². The van der Waals surface area contributed by atoms with Crippen molar-refractivity contribution in [2.75, 3.05) is 13.2 Å². The number of amides is 4. The molecular formula is C25H44N4O6. The van der Waals surface area contributed by atoms with Crippen molar-refractivity contribution in [1.29, 1.82) is 0 Å². The lowest BCUT2D eigenvalue weighted by molar-refractivity contribution is -0.135. The first-order valence-electron chi connectivity index (χ1n) is 12.6. The van der Waals surface area contributed by atoms with Crippen molar-refractivity contribution >= 4 is 29.4 Å². The standard InChI is InChI=1S/C25H44N4O6/c1-8-9-10-11-20(31)29-21(16(4)5)24(34)28-19(13-26-17(6)30)23(33)27-18(12-15(2)3)22(32)25(7)14-35-25/h15-16,18-19,21H,8-14H2,1-7H3,(H,26,30)(H,27,33)(H,28,34)(H,29,31). The predicted molar refractivity (Wildman–Crippen MR) is 132 cm³/mol. The maximum atomic E-state index is 13.2. The lowest BCUT2D eigenvalue weighted by Crippen LogP contribution is -2.60. The Morgan fingerprint density at radius 1 is 0.914 bits per heavy atom. The summed E-state index contributed by atoms with van der Waals surface area (Å²) in [5.41, 5.74) is -0.909. The fourth-order valence-electron chi connectivity index (χ4n) is 3.63. The van der Waals surface area contributed by atoms with Gasteiger partial charge in [-0.2, -0.15) is 0 Å². The van der Waals surface area contributed by atoms with Crippen LogP contribution in [0, 0.1) is 11.8 Å². The highest BCUT2D eigenvalue weighted by Gasteiger charge is 2.50. The summed E-state index contributed by atoms with van der Waals surface area (Å²) in [5.74, 6) is -2.03. The summed E-state index contributed by atoms with van der Waals surface area (Å²) in [6, 6.07) is -2.76. The second-order valence-electron chi connectivity index (χ2n) is 10.3. The number of ether oxygens (including phenoxy) is 1. The molecule has 200 valence electrons. The van der Waals surface area contributed by atoms with E-state index in [1.807, 2.05) is 20.8 Å². The molecule has 0 aromatic rings. The maximum absolute atomic E-state index is 13.2. The number of carbonyl (C=O) groups excluding carboxylic acids is 5. The monoisotopic (exact) mass is 496 g/mol. The van der Waals surface area contributed by atoms with Gasteiger partial charge in [0.05, 0.1) is 12.6 Å². The number of hydrogen-bond donors (Lipinski definition) is 4. The van der Waals surface area contributed by atoms with Crippen LogP contribution in [0.15, 0.2) is 0 Å². The highest BCUT2D eigenvalue weighted by molar-refractivity contribution is 5.98. The number of nitrogens with one attached hydrogen (secondary N) is 4. The van der Waals surface area contributed by atoms with Crippen molar-refractivity contribution in [3.8, 4) is 0 Å². The minimum Gasteiger partial charge on any atom is -0.361 e. The van der Waals surface area contributed by atoms with Gasteiger partial charge < -0.3 is 26.0 Å². The van der Waals surface area contributed by atoms with Crippen LogP contribution in [0.25, 0.3) is 0 Å². The van der Waals surface area contributed by atoms with Gasteiger partial charge in [0.15, 0.2) is 5.78 Å². The summed E-state index contributed by atoms with van der Waals surface area (Å²) in [6.07, 6.45) is 3.36. The van der Waals surface area contributed by atoms with E-state index in [1.54, 1.807) is 20.8 Å². The molecule has 10 nitrogen and oxygen atoms in total. The van der Waals surface area contributed by atoms with E-state index >= 15 is 0 Å².